The third kappa shape index (κ3) is 2.91. The standard InChI is InChI=1S/C21H25N3O/c22-20(25)18-9-4-5-11-21(18,24-12-6-1-7-13-24)15-17-14-16-8-2-3-10-19(16)23-17/h2-5,8-11,14,18,23H,1,6-7,12-13,15H2,(H2,22,25). The molecule has 0 saturated carbocycles. The molecule has 4 heteroatoms. The molecule has 2 aliphatic rings. The fourth-order valence-corrected chi connectivity index (χ4v) is 4.44. The van der Waals surface area contributed by atoms with Crippen LogP contribution in [0.1, 0.15) is 25.0 Å². The number of likely N-dealkylation sites (tertiary alicyclic amines) is 1. The van der Waals surface area contributed by atoms with E-state index in [1.165, 1.54) is 24.6 Å². The molecule has 2 atom stereocenters. The molecule has 25 heavy (non-hydrogen) atoms. The van der Waals surface area contributed by atoms with E-state index in [9.17, 15) is 4.79 Å². The van der Waals surface area contributed by atoms with Crippen LogP contribution >= 0.6 is 0 Å². The van der Waals surface area contributed by atoms with E-state index in [1.807, 2.05) is 18.2 Å². The van der Waals surface area contributed by atoms with Gasteiger partial charge >= 0.3 is 0 Å². The maximum absolute atomic E-state index is 12.3. The van der Waals surface area contributed by atoms with Crippen molar-refractivity contribution >= 4 is 16.8 Å². The second kappa shape index (κ2) is 6.52. The van der Waals surface area contributed by atoms with Crippen molar-refractivity contribution in [2.75, 3.05) is 13.1 Å². The van der Waals surface area contributed by atoms with Crippen molar-refractivity contribution in [3.63, 3.8) is 0 Å². The van der Waals surface area contributed by atoms with Gasteiger partial charge in [0.2, 0.25) is 5.91 Å². The first kappa shape index (κ1) is 16.2. The highest BCUT2D eigenvalue weighted by Gasteiger charge is 2.45. The number of fused-ring (bicyclic) bond motifs is 1. The normalized spacial score (nSPS) is 27.0. The topological polar surface area (TPSA) is 62.1 Å². The molecule has 130 valence electrons. The Kier molecular flexibility index (Phi) is 4.22. The van der Waals surface area contributed by atoms with E-state index in [-0.39, 0.29) is 17.4 Å². The average molecular weight is 335 g/mol. The molecular formula is C21H25N3O. The summed E-state index contributed by atoms with van der Waals surface area (Å²) < 4.78 is 0. The molecular weight excluding hydrogens is 310 g/mol. The first-order valence-corrected chi connectivity index (χ1v) is 9.16. The van der Waals surface area contributed by atoms with Crippen molar-refractivity contribution in [2.45, 2.75) is 31.2 Å². The molecule has 1 amide bonds. The zero-order chi connectivity index (χ0) is 17.3. The van der Waals surface area contributed by atoms with Crippen molar-refractivity contribution in [3.8, 4) is 0 Å². The monoisotopic (exact) mass is 335 g/mol. The van der Waals surface area contributed by atoms with Crippen LogP contribution in [0.5, 0.6) is 0 Å². The van der Waals surface area contributed by atoms with Crippen molar-refractivity contribution in [3.05, 3.63) is 60.3 Å². The number of hydrogen-bond acceptors (Lipinski definition) is 2. The first-order chi connectivity index (χ1) is 12.2. The number of hydrogen-bond donors (Lipinski definition) is 2. The number of carbonyl (C=O) groups excluding carboxylic acids is 1. The van der Waals surface area contributed by atoms with Gasteiger partial charge in [-0.3, -0.25) is 9.69 Å². The molecule has 0 spiro atoms. The Hall–Kier alpha value is -2.33. The van der Waals surface area contributed by atoms with Crippen LogP contribution in [-0.2, 0) is 11.2 Å². The largest absolute Gasteiger partial charge is 0.369 e. The summed E-state index contributed by atoms with van der Waals surface area (Å²) in [6.07, 6.45) is 12.6. The quantitative estimate of drug-likeness (QED) is 0.901. The lowest BCUT2D eigenvalue weighted by atomic mass is 9.74. The number of aromatic nitrogens is 1. The van der Waals surface area contributed by atoms with E-state index in [0.717, 1.165) is 30.7 Å². The van der Waals surface area contributed by atoms with Gasteiger partial charge in [0.05, 0.1) is 11.5 Å². The predicted octanol–water partition coefficient (Wildman–Crippen LogP) is 3.16. The Labute approximate surface area is 148 Å². The Morgan fingerprint density at radius 2 is 2.00 bits per heavy atom. The minimum absolute atomic E-state index is 0.248. The number of nitrogens with two attached hydrogens (primary N) is 1. The number of amides is 1. The summed E-state index contributed by atoms with van der Waals surface area (Å²) in [5.41, 5.74) is 7.73. The summed E-state index contributed by atoms with van der Waals surface area (Å²) in [6.45, 7) is 2.03. The number of primary amides is 1. The van der Waals surface area contributed by atoms with Crippen molar-refractivity contribution < 1.29 is 4.79 Å². The van der Waals surface area contributed by atoms with E-state index in [2.05, 4.69) is 46.3 Å². The summed E-state index contributed by atoms with van der Waals surface area (Å²) in [4.78, 5) is 18.3. The first-order valence-electron chi connectivity index (χ1n) is 9.16. The summed E-state index contributed by atoms with van der Waals surface area (Å²) >= 11 is 0. The summed E-state index contributed by atoms with van der Waals surface area (Å²) in [5.74, 6) is -0.552. The van der Waals surface area contributed by atoms with Crippen molar-refractivity contribution in [1.29, 1.82) is 0 Å². The van der Waals surface area contributed by atoms with E-state index in [0.29, 0.717) is 0 Å². The molecule has 0 radical (unpaired) electrons. The Bertz CT molecular complexity index is 796. The number of H-pyrrole nitrogens is 1. The highest BCUT2D eigenvalue weighted by atomic mass is 16.1. The lowest BCUT2D eigenvalue weighted by Gasteiger charge is -2.48. The third-order valence-electron chi connectivity index (χ3n) is 5.65. The number of benzene rings is 1. The fraction of sp³-hybridized carbons (Fsp3) is 0.381. The van der Waals surface area contributed by atoms with Crippen LogP contribution in [0.2, 0.25) is 0 Å². The molecule has 0 bridgehead atoms. The Morgan fingerprint density at radius 3 is 2.76 bits per heavy atom. The number of rotatable bonds is 4. The lowest BCUT2D eigenvalue weighted by molar-refractivity contribution is -0.124. The predicted molar refractivity (Wildman–Crippen MR) is 101 cm³/mol. The molecule has 3 N–H and O–H groups in total. The minimum Gasteiger partial charge on any atom is -0.369 e. The number of nitrogens with zero attached hydrogens (tertiary/aromatic N) is 1. The fourth-order valence-electron chi connectivity index (χ4n) is 4.44. The van der Waals surface area contributed by atoms with Crippen molar-refractivity contribution in [1.82, 2.24) is 9.88 Å². The van der Waals surface area contributed by atoms with Gasteiger partial charge in [-0.05, 0) is 43.5 Å². The van der Waals surface area contributed by atoms with Gasteiger partial charge in [0.1, 0.15) is 0 Å². The van der Waals surface area contributed by atoms with Gasteiger partial charge in [-0.1, -0.05) is 48.9 Å². The molecule has 4 rings (SSSR count). The van der Waals surface area contributed by atoms with Crippen LogP contribution in [0, 0.1) is 5.92 Å². The second-order valence-corrected chi connectivity index (χ2v) is 7.22. The van der Waals surface area contributed by atoms with Crippen molar-refractivity contribution in [2.24, 2.45) is 11.7 Å². The Morgan fingerprint density at radius 1 is 1.20 bits per heavy atom. The SMILES string of the molecule is NC(=O)C1C=CC=CC1(Cc1cc2ccccc2[nH]1)N1CCCCC1. The van der Waals surface area contributed by atoms with E-state index in [1.54, 1.807) is 0 Å². The number of piperidine rings is 1. The number of allylic oxidation sites excluding steroid dienone is 2. The lowest BCUT2D eigenvalue weighted by Crippen LogP contribution is -2.59. The van der Waals surface area contributed by atoms with E-state index >= 15 is 0 Å². The van der Waals surface area contributed by atoms with Crippen LogP contribution < -0.4 is 5.73 Å². The highest BCUT2D eigenvalue weighted by molar-refractivity contribution is 5.82. The maximum atomic E-state index is 12.3. The zero-order valence-electron chi connectivity index (χ0n) is 14.4. The highest BCUT2D eigenvalue weighted by Crippen LogP contribution is 2.36. The van der Waals surface area contributed by atoms with Crippen LogP contribution in [0.3, 0.4) is 0 Å². The molecule has 2 heterocycles. The average Bonchev–Trinajstić information content (AvgIpc) is 3.04. The van der Waals surface area contributed by atoms with Crippen LogP contribution in [-0.4, -0.2) is 34.4 Å². The summed E-state index contributed by atoms with van der Waals surface area (Å²) in [6, 6.07) is 10.5. The van der Waals surface area contributed by atoms with Gasteiger partial charge in [-0.2, -0.15) is 0 Å². The molecule has 1 fully saturated rings. The maximum Gasteiger partial charge on any atom is 0.226 e. The summed E-state index contributed by atoms with van der Waals surface area (Å²) in [5, 5.41) is 1.21. The second-order valence-electron chi connectivity index (χ2n) is 7.22. The van der Waals surface area contributed by atoms with Gasteiger partial charge in [-0.25, -0.2) is 0 Å². The smallest absolute Gasteiger partial charge is 0.226 e. The summed E-state index contributed by atoms with van der Waals surface area (Å²) in [7, 11) is 0. The molecule has 1 aliphatic heterocycles. The molecule has 1 aromatic heterocycles. The third-order valence-corrected chi connectivity index (χ3v) is 5.65. The van der Waals surface area contributed by atoms with Gasteiger partial charge in [0, 0.05) is 17.6 Å². The number of para-hydroxylation sites is 1. The molecule has 1 aliphatic carbocycles. The van der Waals surface area contributed by atoms with Gasteiger partial charge in [-0.15, -0.1) is 0 Å². The van der Waals surface area contributed by atoms with Crippen LogP contribution in [0.25, 0.3) is 10.9 Å². The number of carbonyl (C=O) groups is 1. The van der Waals surface area contributed by atoms with E-state index in [4.69, 9.17) is 5.73 Å². The minimum atomic E-state index is -0.373. The zero-order valence-corrected chi connectivity index (χ0v) is 14.4. The van der Waals surface area contributed by atoms with Gasteiger partial charge in [0.15, 0.2) is 0 Å². The number of nitrogens with one attached hydrogen (secondary N) is 1. The van der Waals surface area contributed by atoms with Crippen LogP contribution in [0.15, 0.2) is 54.6 Å². The molecule has 1 aromatic carbocycles. The number of aromatic amines is 1. The molecule has 2 unspecified atom stereocenters. The molecule has 4 nitrogen and oxygen atoms in total. The van der Waals surface area contributed by atoms with E-state index < -0.39 is 0 Å². The van der Waals surface area contributed by atoms with Crippen LogP contribution in [0.4, 0.5) is 0 Å². The molecule has 1 saturated heterocycles. The van der Waals surface area contributed by atoms with Gasteiger partial charge < -0.3 is 10.7 Å². The molecule has 2 aromatic rings. The Balaban J connectivity index is 1.75. The van der Waals surface area contributed by atoms with Gasteiger partial charge in [0.25, 0.3) is 0 Å².